The van der Waals surface area contributed by atoms with Crippen LogP contribution >= 0.6 is 12.2 Å². The van der Waals surface area contributed by atoms with Crippen LogP contribution in [0.25, 0.3) is 0 Å². The predicted molar refractivity (Wildman–Crippen MR) is 179 cm³/mol. The summed E-state index contributed by atoms with van der Waals surface area (Å²) in [4.78, 5) is 0.647. The topological polar surface area (TPSA) is 39.7 Å². The van der Waals surface area contributed by atoms with Gasteiger partial charge in [-0.1, -0.05) is 164 Å². The zero-order valence-electron chi connectivity index (χ0n) is 23.9. The number of hydrogen-bond donors (Lipinski definition) is 1. The van der Waals surface area contributed by atoms with Gasteiger partial charge in [0.1, 0.15) is 17.2 Å². The molecule has 3 atom stereocenters. The third kappa shape index (κ3) is 6.69. The second-order valence-corrected chi connectivity index (χ2v) is 14.5. The molecule has 1 fully saturated rings. The van der Waals surface area contributed by atoms with Crippen LogP contribution in [0.15, 0.2) is 152 Å². The maximum absolute atomic E-state index is 7.29. The van der Waals surface area contributed by atoms with Crippen LogP contribution in [0, 0.1) is 0 Å². The SMILES string of the molecule is S=C1NC(CO[Si](c2ccccc2)(c2ccccc2)c2ccccc2)C(OCc2ccccc2)C1OCc1ccccc1. The molecule has 1 aliphatic heterocycles. The summed E-state index contributed by atoms with van der Waals surface area (Å²) in [6.45, 7) is 1.30. The Morgan fingerprint density at radius 2 is 0.930 bits per heavy atom. The predicted octanol–water partition coefficient (Wildman–Crippen LogP) is 5.14. The van der Waals surface area contributed by atoms with E-state index >= 15 is 0 Å². The van der Waals surface area contributed by atoms with E-state index in [2.05, 4.69) is 121 Å². The average Bonchev–Trinajstić information content (AvgIpc) is 3.39. The molecule has 1 N–H and O–H groups in total. The lowest BCUT2D eigenvalue weighted by Gasteiger charge is -2.35. The zero-order valence-corrected chi connectivity index (χ0v) is 25.7. The quantitative estimate of drug-likeness (QED) is 0.122. The van der Waals surface area contributed by atoms with Crippen LogP contribution in [0.4, 0.5) is 0 Å². The van der Waals surface area contributed by atoms with Crippen LogP contribution in [0.2, 0.25) is 0 Å². The Labute approximate surface area is 260 Å². The molecule has 0 aromatic heterocycles. The molecule has 216 valence electrons. The first kappa shape index (κ1) is 29.2. The van der Waals surface area contributed by atoms with Crippen LogP contribution in [0.1, 0.15) is 11.1 Å². The first-order chi connectivity index (χ1) is 21.2. The van der Waals surface area contributed by atoms with Gasteiger partial charge < -0.3 is 19.2 Å². The lowest BCUT2D eigenvalue weighted by atomic mass is 10.1. The number of hydrogen-bond acceptors (Lipinski definition) is 4. The smallest absolute Gasteiger partial charge is 0.288 e. The minimum atomic E-state index is -2.90. The minimum absolute atomic E-state index is 0.194. The van der Waals surface area contributed by atoms with Crippen molar-refractivity contribution in [3.63, 3.8) is 0 Å². The first-order valence-corrected chi connectivity index (χ1v) is 17.0. The summed E-state index contributed by atoms with van der Waals surface area (Å²) in [7, 11) is -2.90. The summed E-state index contributed by atoms with van der Waals surface area (Å²) in [5.74, 6) is 0. The third-order valence-electron chi connectivity index (χ3n) is 7.86. The molecule has 6 heteroatoms. The van der Waals surface area contributed by atoms with Gasteiger partial charge in [0.2, 0.25) is 0 Å². The average molecular weight is 602 g/mol. The second kappa shape index (κ2) is 14.0. The summed E-state index contributed by atoms with van der Waals surface area (Å²) >= 11 is 5.87. The van der Waals surface area contributed by atoms with Crippen molar-refractivity contribution in [3.8, 4) is 0 Å². The van der Waals surface area contributed by atoms with E-state index in [-0.39, 0.29) is 12.1 Å². The van der Waals surface area contributed by atoms with Gasteiger partial charge in [0, 0.05) is 0 Å². The Bertz CT molecular complexity index is 1480. The number of thiocarbonyl (C=S) groups is 1. The van der Waals surface area contributed by atoms with Crippen molar-refractivity contribution in [1.29, 1.82) is 0 Å². The van der Waals surface area contributed by atoms with Crippen molar-refractivity contribution < 1.29 is 13.9 Å². The van der Waals surface area contributed by atoms with Gasteiger partial charge in [-0.15, -0.1) is 0 Å². The van der Waals surface area contributed by atoms with Crippen LogP contribution < -0.4 is 20.9 Å². The summed E-state index contributed by atoms with van der Waals surface area (Å²) in [5, 5.41) is 7.09. The number of benzene rings is 5. The van der Waals surface area contributed by atoms with Crippen molar-refractivity contribution >= 4 is 41.1 Å². The molecule has 0 bridgehead atoms. The van der Waals surface area contributed by atoms with Crippen LogP contribution in [0.5, 0.6) is 0 Å². The van der Waals surface area contributed by atoms with E-state index in [1.54, 1.807) is 0 Å². The molecule has 0 spiro atoms. The Hall–Kier alpha value is -3.91. The summed E-state index contributed by atoms with van der Waals surface area (Å²) in [6, 6.07) is 52.0. The van der Waals surface area contributed by atoms with Gasteiger partial charge in [0.25, 0.3) is 8.32 Å². The van der Waals surface area contributed by atoms with E-state index in [0.717, 1.165) is 11.1 Å². The molecule has 1 saturated heterocycles. The Morgan fingerprint density at radius 3 is 1.37 bits per heavy atom. The highest BCUT2D eigenvalue weighted by atomic mass is 32.1. The van der Waals surface area contributed by atoms with E-state index in [1.165, 1.54) is 15.6 Å². The van der Waals surface area contributed by atoms with E-state index in [0.29, 0.717) is 24.8 Å². The fraction of sp³-hybridized carbons (Fsp3) is 0.162. The molecule has 6 rings (SSSR count). The van der Waals surface area contributed by atoms with Crippen molar-refractivity contribution in [1.82, 2.24) is 5.32 Å². The van der Waals surface area contributed by atoms with Gasteiger partial charge in [-0.05, 0) is 26.7 Å². The highest BCUT2D eigenvalue weighted by Gasteiger charge is 2.46. The van der Waals surface area contributed by atoms with Gasteiger partial charge in [-0.3, -0.25) is 0 Å². The maximum Gasteiger partial charge on any atom is 0.288 e. The zero-order chi connectivity index (χ0) is 29.3. The standard InChI is InChI=1S/C37H35NO3SSi/c42-37-36(40-27-30-18-8-2-9-19-30)35(39-26-29-16-6-1-7-17-29)34(38-37)28-41-43(31-20-10-3-11-21-31,32-22-12-4-13-23-32)33-24-14-5-15-25-33/h1-25,34-36H,26-28H2,(H,38,42). The molecule has 0 amide bonds. The first-order valence-electron chi connectivity index (χ1n) is 14.7. The fourth-order valence-electron chi connectivity index (χ4n) is 5.73. The van der Waals surface area contributed by atoms with Crippen LogP contribution in [-0.4, -0.2) is 38.2 Å². The van der Waals surface area contributed by atoms with Crippen LogP contribution in [0.3, 0.4) is 0 Å². The Morgan fingerprint density at radius 1 is 0.535 bits per heavy atom. The van der Waals surface area contributed by atoms with Gasteiger partial charge >= 0.3 is 0 Å². The molecule has 5 aromatic carbocycles. The summed E-state index contributed by atoms with van der Waals surface area (Å²) in [5.41, 5.74) is 2.19. The second-order valence-electron chi connectivity index (χ2n) is 10.7. The van der Waals surface area contributed by atoms with Gasteiger partial charge in [0.15, 0.2) is 0 Å². The van der Waals surface area contributed by atoms with Crippen LogP contribution in [-0.2, 0) is 27.1 Å². The van der Waals surface area contributed by atoms with Crippen molar-refractivity contribution in [2.45, 2.75) is 31.5 Å². The molecule has 4 nitrogen and oxygen atoms in total. The Balaban J connectivity index is 1.32. The summed E-state index contributed by atoms with van der Waals surface area (Å²) < 4.78 is 20.4. The van der Waals surface area contributed by atoms with Gasteiger partial charge in [-0.25, -0.2) is 0 Å². The van der Waals surface area contributed by atoms with Crippen molar-refractivity contribution in [3.05, 3.63) is 163 Å². The lowest BCUT2D eigenvalue weighted by molar-refractivity contribution is -0.0606. The normalized spacial score (nSPS) is 18.3. The third-order valence-corrected chi connectivity index (χ3v) is 12.2. The van der Waals surface area contributed by atoms with Crippen molar-refractivity contribution in [2.75, 3.05) is 6.61 Å². The molecule has 1 aliphatic rings. The Kier molecular flexibility index (Phi) is 9.52. The number of nitrogens with one attached hydrogen (secondary N) is 1. The molecule has 0 aliphatic carbocycles. The highest BCUT2D eigenvalue weighted by Crippen LogP contribution is 2.23. The largest absolute Gasteiger partial charge is 0.402 e. The van der Waals surface area contributed by atoms with E-state index < -0.39 is 14.4 Å². The molecule has 0 saturated carbocycles. The molecule has 1 heterocycles. The van der Waals surface area contributed by atoms with E-state index in [4.69, 9.17) is 26.1 Å². The monoisotopic (exact) mass is 601 g/mol. The van der Waals surface area contributed by atoms with E-state index in [9.17, 15) is 0 Å². The molecule has 43 heavy (non-hydrogen) atoms. The minimum Gasteiger partial charge on any atom is -0.402 e. The van der Waals surface area contributed by atoms with Gasteiger partial charge in [-0.2, -0.15) is 0 Å². The highest BCUT2D eigenvalue weighted by molar-refractivity contribution is 7.80. The fourth-order valence-corrected chi connectivity index (χ4v) is 10.00. The molecular weight excluding hydrogens is 567 g/mol. The number of ether oxygens (including phenoxy) is 2. The number of rotatable bonds is 12. The van der Waals surface area contributed by atoms with E-state index in [1.807, 2.05) is 36.4 Å². The maximum atomic E-state index is 7.29. The molecular formula is C37H35NO3SSi. The molecule has 5 aromatic rings. The van der Waals surface area contributed by atoms with Gasteiger partial charge in [0.05, 0.1) is 25.9 Å². The molecule has 0 radical (unpaired) electrons. The summed E-state index contributed by atoms with van der Waals surface area (Å²) in [6.07, 6.45) is -0.723. The molecule has 3 unspecified atom stereocenters. The lowest BCUT2D eigenvalue weighted by Crippen LogP contribution is -2.70. The van der Waals surface area contributed by atoms with Crippen molar-refractivity contribution in [2.24, 2.45) is 0 Å².